The number of para-hydroxylation sites is 2. The number of alkyl halides is 3. The molecule has 0 aliphatic heterocycles. The number of benzene rings is 1. The van der Waals surface area contributed by atoms with E-state index in [1.165, 1.54) is 11.6 Å². The Hall–Kier alpha value is -2.00. The number of aryl methyl sites for hydroxylation is 1. The van der Waals surface area contributed by atoms with Gasteiger partial charge in [-0.15, -0.1) is 0 Å². The number of rotatable bonds is 6. The van der Waals surface area contributed by atoms with Gasteiger partial charge in [0.2, 0.25) is 0 Å². The second kappa shape index (κ2) is 8.59. The van der Waals surface area contributed by atoms with E-state index in [0.29, 0.717) is 23.8 Å². The number of anilines is 1. The number of thiocarbonyl (C=S) groups is 1. The Labute approximate surface area is 159 Å². The quantitative estimate of drug-likeness (QED) is 0.555. The van der Waals surface area contributed by atoms with E-state index in [4.69, 9.17) is 28.6 Å². The first-order chi connectivity index (χ1) is 12.2. The van der Waals surface area contributed by atoms with Gasteiger partial charge in [-0.05, 0) is 37.7 Å². The summed E-state index contributed by atoms with van der Waals surface area (Å²) < 4.78 is 44.9. The topological polar surface area (TPSA) is 51.1 Å². The van der Waals surface area contributed by atoms with Crippen molar-refractivity contribution in [2.45, 2.75) is 26.1 Å². The molecule has 0 aliphatic rings. The van der Waals surface area contributed by atoms with Crippen LogP contribution < -0.4 is 15.4 Å². The van der Waals surface area contributed by atoms with Gasteiger partial charge in [0.1, 0.15) is 5.75 Å². The van der Waals surface area contributed by atoms with Crippen molar-refractivity contribution in [3.05, 3.63) is 40.7 Å². The molecule has 0 fully saturated rings. The Morgan fingerprint density at radius 2 is 2.04 bits per heavy atom. The van der Waals surface area contributed by atoms with E-state index in [1.54, 1.807) is 13.2 Å². The monoisotopic (exact) mass is 406 g/mol. The highest BCUT2D eigenvalue weighted by molar-refractivity contribution is 7.80. The Balaban J connectivity index is 1.85. The van der Waals surface area contributed by atoms with Crippen molar-refractivity contribution in [1.29, 1.82) is 0 Å². The van der Waals surface area contributed by atoms with E-state index in [2.05, 4.69) is 15.7 Å². The zero-order chi connectivity index (χ0) is 19.3. The Kier molecular flexibility index (Phi) is 6.71. The van der Waals surface area contributed by atoms with Gasteiger partial charge in [0, 0.05) is 13.1 Å². The second-order valence-electron chi connectivity index (χ2n) is 5.40. The first-order valence-corrected chi connectivity index (χ1v) is 8.50. The molecular weight excluding hydrogens is 389 g/mol. The summed E-state index contributed by atoms with van der Waals surface area (Å²) in [7, 11) is 1.56. The van der Waals surface area contributed by atoms with Crippen LogP contribution in [0.25, 0.3) is 0 Å². The molecule has 1 aromatic heterocycles. The molecule has 10 heteroatoms. The first kappa shape index (κ1) is 20.3. The number of halogens is 4. The molecule has 0 bridgehead atoms. The van der Waals surface area contributed by atoms with Gasteiger partial charge >= 0.3 is 6.18 Å². The van der Waals surface area contributed by atoms with Gasteiger partial charge in [-0.2, -0.15) is 18.3 Å². The molecule has 26 heavy (non-hydrogen) atoms. The lowest BCUT2D eigenvalue weighted by molar-refractivity contribution is -0.141. The maximum atomic E-state index is 12.8. The summed E-state index contributed by atoms with van der Waals surface area (Å²) in [5.41, 5.74) is -0.0521. The fourth-order valence-corrected chi connectivity index (χ4v) is 2.72. The fraction of sp³-hybridized carbons (Fsp3) is 0.375. The lowest BCUT2D eigenvalue weighted by atomic mass is 10.3. The van der Waals surface area contributed by atoms with Crippen LogP contribution >= 0.6 is 23.8 Å². The summed E-state index contributed by atoms with van der Waals surface area (Å²) in [6.45, 7) is 2.25. The van der Waals surface area contributed by atoms with E-state index in [-0.39, 0.29) is 17.3 Å². The minimum atomic E-state index is -4.56. The zero-order valence-corrected chi connectivity index (χ0v) is 15.7. The van der Waals surface area contributed by atoms with Gasteiger partial charge in [-0.25, -0.2) is 0 Å². The van der Waals surface area contributed by atoms with Crippen LogP contribution in [0.4, 0.5) is 18.9 Å². The summed E-state index contributed by atoms with van der Waals surface area (Å²) >= 11 is 10.9. The molecule has 0 atom stereocenters. The molecule has 0 spiro atoms. The molecule has 0 unspecified atom stereocenters. The molecule has 142 valence electrons. The third-order valence-corrected chi connectivity index (χ3v) is 4.29. The summed E-state index contributed by atoms with van der Waals surface area (Å²) in [6, 6.07) is 7.30. The average molecular weight is 407 g/mol. The molecule has 1 heterocycles. The lowest BCUT2D eigenvalue weighted by Gasteiger charge is -2.13. The van der Waals surface area contributed by atoms with Crippen LogP contribution in [-0.4, -0.2) is 28.5 Å². The number of ether oxygens (including phenoxy) is 1. The van der Waals surface area contributed by atoms with Crippen LogP contribution in [0.15, 0.2) is 24.3 Å². The summed E-state index contributed by atoms with van der Waals surface area (Å²) in [4.78, 5) is 0. The molecule has 1 aromatic carbocycles. The highest BCUT2D eigenvalue weighted by atomic mass is 35.5. The Bertz CT molecular complexity index is 779. The van der Waals surface area contributed by atoms with Gasteiger partial charge in [-0.3, -0.25) is 4.68 Å². The van der Waals surface area contributed by atoms with Crippen molar-refractivity contribution in [3.63, 3.8) is 0 Å². The first-order valence-electron chi connectivity index (χ1n) is 7.72. The number of hydrogen-bond acceptors (Lipinski definition) is 3. The van der Waals surface area contributed by atoms with Crippen molar-refractivity contribution in [1.82, 2.24) is 15.1 Å². The number of hydrogen-bond donors (Lipinski definition) is 2. The number of nitrogens with one attached hydrogen (secondary N) is 2. The van der Waals surface area contributed by atoms with E-state index >= 15 is 0 Å². The molecule has 2 N–H and O–H groups in total. The van der Waals surface area contributed by atoms with Crippen LogP contribution in [0.1, 0.15) is 17.8 Å². The second-order valence-corrected chi connectivity index (χ2v) is 6.19. The Morgan fingerprint density at radius 1 is 1.35 bits per heavy atom. The third kappa shape index (κ3) is 5.01. The summed E-state index contributed by atoms with van der Waals surface area (Å²) in [6.07, 6.45) is -4.05. The van der Waals surface area contributed by atoms with Crippen LogP contribution in [0.3, 0.4) is 0 Å². The van der Waals surface area contributed by atoms with Gasteiger partial charge < -0.3 is 15.4 Å². The highest BCUT2D eigenvalue weighted by Gasteiger charge is 2.38. The smallest absolute Gasteiger partial charge is 0.436 e. The number of aromatic nitrogens is 2. The molecular formula is C16H18ClF3N4OS. The van der Waals surface area contributed by atoms with Gasteiger partial charge in [-0.1, -0.05) is 23.7 Å². The fourth-order valence-electron chi connectivity index (χ4n) is 2.27. The van der Waals surface area contributed by atoms with Gasteiger partial charge in [0.05, 0.1) is 23.5 Å². The lowest BCUT2D eigenvalue weighted by Crippen LogP contribution is -2.30. The molecule has 0 saturated carbocycles. The van der Waals surface area contributed by atoms with Crippen LogP contribution in [-0.2, 0) is 12.7 Å². The van der Waals surface area contributed by atoms with Gasteiger partial charge in [0.15, 0.2) is 10.8 Å². The molecule has 0 saturated heterocycles. The SMILES string of the molecule is COc1ccccc1NC(=S)NCCCn1nc(C(F)(F)F)c(Cl)c1C. The van der Waals surface area contributed by atoms with E-state index < -0.39 is 11.9 Å². The minimum absolute atomic E-state index is 0.284. The Morgan fingerprint density at radius 3 is 2.65 bits per heavy atom. The van der Waals surface area contributed by atoms with E-state index in [0.717, 1.165) is 5.69 Å². The van der Waals surface area contributed by atoms with Crippen molar-refractivity contribution < 1.29 is 17.9 Å². The van der Waals surface area contributed by atoms with Crippen molar-refractivity contribution in [2.24, 2.45) is 0 Å². The predicted octanol–water partition coefficient (Wildman–Crippen LogP) is 4.25. The predicted molar refractivity (Wildman–Crippen MR) is 98.8 cm³/mol. The minimum Gasteiger partial charge on any atom is -0.495 e. The van der Waals surface area contributed by atoms with Crippen molar-refractivity contribution in [2.75, 3.05) is 19.0 Å². The largest absolute Gasteiger partial charge is 0.495 e. The van der Waals surface area contributed by atoms with Crippen molar-refractivity contribution in [3.8, 4) is 5.75 Å². The molecule has 0 aliphatic carbocycles. The van der Waals surface area contributed by atoms with Crippen LogP contribution in [0.2, 0.25) is 5.02 Å². The molecule has 5 nitrogen and oxygen atoms in total. The maximum absolute atomic E-state index is 12.8. The summed E-state index contributed by atoms with van der Waals surface area (Å²) in [5.74, 6) is 0.651. The maximum Gasteiger partial charge on any atom is 0.436 e. The average Bonchev–Trinajstić information content (AvgIpc) is 2.87. The van der Waals surface area contributed by atoms with E-state index in [9.17, 15) is 13.2 Å². The van der Waals surface area contributed by atoms with Gasteiger partial charge in [0.25, 0.3) is 0 Å². The van der Waals surface area contributed by atoms with E-state index in [1.807, 2.05) is 18.2 Å². The third-order valence-electron chi connectivity index (χ3n) is 3.59. The number of methoxy groups -OCH3 is 1. The normalized spacial score (nSPS) is 11.3. The van der Waals surface area contributed by atoms with Crippen molar-refractivity contribution >= 4 is 34.6 Å². The summed E-state index contributed by atoms with van der Waals surface area (Å²) in [5, 5.41) is 9.58. The standard InChI is InChI=1S/C16H18ClF3N4OS/c1-10-13(17)14(16(18,19)20)23-24(10)9-5-8-21-15(26)22-11-6-3-4-7-12(11)25-2/h3-4,6-7H,5,8-9H2,1-2H3,(H2,21,22,26). The number of nitrogens with zero attached hydrogens (tertiary/aromatic N) is 2. The molecule has 2 aromatic rings. The van der Waals surface area contributed by atoms with Crippen LogP contribution in [0, 0.1) is 6.92 Å². The zero-order valence-electron chi connectivity index (χ0n) is 14.2. The highest BCUT2D eigenvalue weighted by Crippen LogP contribution is 2.35. The molecule has 0 amide bonds. The molecule has 0 radical (unpaired) electrons. The molecule has 2 rings (SSSR count). The van der Waals surface area contributed by atoms with Crippen LogP contribution in [0.5, 0.6) is 5.75 Å².